The number of rotatable bonds is 4. The van der Waals surface area contributed by atoms with E-state index in [0.29, 0.717) is 0 Å². The van der Waals surface area contributed by atoms with Gasteiger partial charge in [-0.25, -0.2) is 0 Å². The van der Waals surface area contributed by atoms with Crippen molar-refractivity contribution >= 4 is 0 Å². The first-order valence-electron chi connectivity index (χ1n) is 8.20. The van der Waals surface area contributed by atoms with Gasteiger partial charge in [-0.3, -0.25) is 0 Å². The van der Waals surface area contributed by atoms with Gasteiger partial charge in [-0.2, -0.15) is 5.01 Å². The Labute approximate surface area is 133 Å². The predicted octanol–water partition coefficient (Wildman–Crippen LogP) is 1.95. The molecule has 0 bridgehead atoms. The smallest absolute Gasteiger partial charge is 0.199 e. The number of nitrogens with zero attached hydrogens (tertiary/aromatic N) is 3. The summed E-state index contributed by atoms with van der Waals surface area (Å²) in [6, 6.07) is 13.4. The molecule has 0 amide bonds. The Morgan fingerprint density at radius 2 is 1.36 bits per heavy atom. The quantitative estimate of drug-likeness (QED) is 0.798. The first-order valence-corrected chi connectivity index (χ1v) is 8.20. The maximum absolute atomic E-state index is 2.41. The molecule has 1 aromatic carbocycles. The maximum Gasteiger partial charge on any atom is 0.199 e. The summed E-state index contributed by atoms with van der Waals surface area (Å²) in [5, 5.41) is 2.41. The van der Waals surface area contributed by atoms with Crippen molar-refractivity contribution in [1.82, 2.24) is 4.90 Å². The number of hydrogen-bond donors (Lipinski definition) is 0. The Kier molecular flexibility index (Phi) is 4.74. The third-order valence-corrected chi connectivity index (χ3v) is 4.51. The molecule has 1 aliphatic heterocycles. The van der Waals surface area contributed by atoms with Gasteiger partial charge in [0.15, 0.2) is 12.4 Å². The van der Waals surface area contributed by atoms with Gasteiger partial charge in [0.25, 0.3) is 0 Å². The average Bonchev–Trinajstić information content (AvgIpc) is 2.56. The Balaban J connectivity index is 1.56. The van der Waals surface area contributed by atoms with Gasteiger partial charge in [-0.1, -0.05) is 34.5 Å². The Morgan fingerprint density at radius 3 is 1.95 bits per heavy atom. The molecule has 1 saturated heterocycles. The molecular formula is C19H26N3+. The Hall–Kier alpha value is -1.87. The number of aromatic nitrogens is 1. The van der Waals surface area contributed by atoms with Crippen LogP contribution in [-0.4, -0.2) is 38.1 Å². The van der Waals surface area contributed by atoms with Crippen LogP contribution in [0.2, 0.25) is 0 Å². The molecule has 3 rings (SSSR count). The van der Waals surface area contributed by atoms with Crippen LogP contribution in [0.1, 0.15) is 16.7 Å². The fourth-order valence-corrected chi connectivity index (χ4v) is 2.87. The van der Waals surface area contributed by atoms with Crippen LogP contribution >= 0.6 is 0 Å². The first-order chi connectivity index (χ1) is 10.7. The van der Waals surface area contributed by atoms with E-state index in [9.17, 15) is 0 Å². The number of pyridine rings is 1. The molecular weight excluding hydrogens is 270 g/mol. The fraction of sp³-hybridized carbons (Fsp3) is 0.421. The molecule has 2 heterocycles. The summed E-state index contributed by atoms with van der Waals surface area (Å²) in [7, 11) is 2.19. The largest absolute Gasteiger partial charge is 0.302 e. The molecule has 116 valence electrons. The summed E-state index contributed by atoms with van der Waals surface area (Å²) in [6.07, 6.45) is 6.62. The third kappa shape index (κ3) is 3.86. The van der Waals surface area contributed by atoms with Crippen molar-refractivity contribution in [2.75, 3.05) is 38.2 Å². The number of hydrogen-bond acceptors (Lipinski definition) is 2. The van der Waals surface area contributed by atoms with Gasteiger partial charge in [-0.15, -0.1) is 0 Å². The Morgan fingerprint density at radius 1 is 0.818 bits per heavy atom. The van der Waals surface area contributed by atoms with Crippen molar-refractivity contribution in [3.8, 4) is 0 Å². The summed E-state index contributed by atoms with van der Waals surface area (Å²) in [6.45, 7) is 6.62. The highest BCUT2D eigenvalue weighted by molar-refractivity contribution is 5.22. The summed E-state index contributed by atoms with van der Waals surface area (Å²) in [4.78, 5) is 2.38. The predicted molar refractivity (Wildman–Crippen MR) is 90.7 cm³/mol. The second kappa shape index (κ2) is 6.93. The first kappa shape index (κ1) is 15.0. The van der Waals surface area contributed by atoms with Gasteiger partial charge in [0.2, 0.25) is 0 Å². The molecule has 2 aromatic rings. The van der Waals surface area contributed by atoms with Gasteiger partial charge in [0.05, 0.1) is 13.1 Å². The van der Waals surface area contributed by atoms with Crippen LogP contribution in [0.4, 0.5) is 0 Å². The molecule has 0 aliphatic carbocycles. The number of piperazine rings is 1. The topological polar surface area (TPSA) is 10.4 Å². The van der Waals surface area contributed by atoms with Gasteiger partial charge in [-0.05, 0) is 37.9 Å². The van der Waals surface area contributed by atoms with Crippen LogP contribution in [0.3, 0.4) is 0 Å². The van der Waals surface area contributed by atoms with Crippen LogP contribution in [0.5, 0.6) is 0 Å². The SMILES string of the molecule is Cc1ccc(CCc2cc[n+](N3CCN(C)CC3)cc2)cc1. The minimum absolute atomic E-state index is 1.10. The van der Waals surface area contributed by atoms with Crippen molar-refractivity contribution in [2.24, 2.45) is 0 Å². The minimum atomic E-state index is 1.10. The monoisotopic (exact) mass is 296 g/mol. The lowest BCUT2D eigenvalue weighted by Gasteiger charge is -2.28. The van der Waals surface area contributed by atoms with Crippen LogP contribution in [0.15, 0.2) is 48.8 Å². The van der Waals surface area contributed by atoms with E-state index in [2.05, 4.69) is 77.3 Å². The van der Waals surface area contributed by atoms with E-state index in [0.717, 1.165) is 39.0 Å². The van der Waals surface area contributed by atoms with Crippen molar-refractivity contribution in [3.05, 3.63) is 65.5 Å². The molecule has 0 saturated carbocycles. The fourth-order valence-electron chi connectivity index (χ4n) is 2.87. The van der Waals surface area contributed by atoms with Crippen molar-refractivity contribution in [3.63, 3.8) is 0 Å². The molecule has 1 fully saturated rings. The molecule has 0 spiro atoms. The zero-order valence-corrected chi connectivity index (χ0v) is 13.7. The average molecular weight is 296 g/mol. The van der Waals surface area contributed by atoms with E-state index in [1.54, 1.807) is 0 Å². The Bertz CT molecular complexity index is 581. The molecule has 0 radical (unpaired) electrons. The maximum atomic E-state index is 2.41. The standard InChI is InChI=1S/C19H26N3/c1-17-3-5-18(6-4-17)7-8-19-9-11-21(12-10-19)22-15-13-20(2)14-16-22/h3-6,9-12H,7-8,13-16H2,1-2H3/q+1. The molecule has 1 aromatic heterocycles. The van der Waals surface area contributed by atoms with E-state index >= 15 is 0 Å². The summed E-state index contributed by atoms with van der Waals surface area (Å²) in [5.41, 5.74) is 4.16. The van der Waals surface area contributed by atoms with Crippen LogP contribution < -0.4 is 9.69 Å². The third-order valence-electron chi connectivity index (χ3n) is 4.51. The number of benzene rings is 1. The summed E-state index contributed by atoms with van der Waals surface area (Å²) >= 11 is 0. The lowest BCUT2D eigenvalue weighted by Crippen LogP contribution is -2.63. The van der Waals surface area contributed by atoms with Gasteiger partial charge >= 0.3 is 0 Å². The molecule has 0 unspecified atom stereocenters. The van der Waals surface area contributed by atoms with Crippen molar-refractivity contribution in [1.29, 1.82) is 0 Å². The summed E-state index contributed by atoms with van der Waals surface area (Å²) in [5.74, 6) is 0. The second-order valence-corrected chi connectivity index (χ2v) is 6.33. The van der Waals surface area contributed by atoms with E-state index in [1.165, 1.54) is 16.7 Å². The highest BCUT2D eigenvalue weighted by atomic mass is 15.6. The summed E-state index contributed by atoms with van der Waals surface area (Å²) < 4.78 is 2.24. The van der Waals surface area contributed by atoms with Gasteiger partial charge in [0.1, 0.15) is 0 Å². The molecule has 1 aliphatic rings. The molecule has 3 nitrogen and oxygen atoms in total. The second-order valence-electron chi connectivity index (χ2n) is 6.33. The van der Waals surface area contributed by atoms with E-state index in [1.807, 2.05) is 0 Å². The number of aryl methyl sites for hydroxylation is 3. The van der Waals surface area contributed by atoms with E-state index in [4.69, 9.17) is 0 Å². The van der Waals surface area contributed by atoms with E-state index < -0.39 is 0 Å². The van der Waals surface area contributed by atoms with E-state index in [-0.39, 0.29) is 0 Å². The zero-order valence-electron chi connectivity index (χ0n) is 13.7. The van der Waals surface area contributed by atoms with Crippen molar-refractivity contribution in [2.45, 2.75) is 19.8 Å². The zero-order chi connectivity index (χ0) is 15.4. The highest BCUT2D eigenvalue weighted by Gasteiger charge is 2.19. The molecule has 0 N–H and O–H groups in total. The molecule has 0 atom stereocenters. The van der Waals surface area contributed by atoms with Crippen LogP contribution in [0, 0.1) is 6.92 Å². The molecule has 3 heteroatoms. The molecule has 22 heavy (non-hydrogen) atoms. The lowest BCUT2D eigenvalue weighted by atomic mass is 10.0. The van der Waals surface area contributed by atoms with Gasteiger partial charge < -0.3 is 4.90 Å². The van der Waals surface area contributed by atoms with Crippen molar-refractivity contribution < 1.29 is 4.68 Å². The normalized spacial score (nSPS) is 16.0. The van der Waals surface area contributed by atoms with Crippen LogP contribution in [0.25, 0.3) is 0 Å². The van der Waals surface area contributed by atoms with Gasteiger partial charge in [0, 0.05) is 25.2 Å². The lowest BCUT2D eigenvalue weighted by molar-refractivity contribution is -0.694. The van der Waals surface area contributed by atoms with Crippen LogP contribution in [-0.2, 0) is 12.8 Å². The highest BCUT2D eigenvalue weighted by Crippen LogP contribution is 2.08. The number of likely N-dealkylation sites (N-methyl/N-ethyl adjacent to an activating group) is 1. The minimum Gasteiger partial charge on any atom is -0.302 e.